The molecule has 0 radical (unpaired) electrons. The zero-order valence-electron chi connectivity index (χ0n) is 11.8. The smallest absolute Gasteiger partial charge is 0.213 e. The first-order chi connectivity index (χ1) is 9.21. The molecule has 1 aromatic heterocycles. The van der Waals surface area contributed by atoms with E-state index in [1.165, 1.54) is 0 Å². The zero-order valence-corrected chi connectivity index (χ0v) is 12.6. The maximum atomic E-state index is 5.92. The quantitative estimate of drug-likeness (QED) is 0.891. The Bertz CT molecular complexity index is 399. The van der Waals surface area contributed by atoms with Crippen molar-refractivity contribution in [1.29, 1.82) is 0 Å². The number of piperidine rings is 1. The molecule has 2 N–H and O–H groups in total. The summed E-state index contributed by atoms with van der Waals surface area (Å²) in [6.07, 6.45) is 4.50. The van der Waals surface area contributed by atoms with Crippen molar-refractivity contribution in [1.82, 2.24) is 9.88 Å². The van der Waals surface area contributed by atoms with Gasteiger partial charge in [0.25, 0.3) is 0 Å². The fourth-order valence-electron chi connectivity index (χ4n) is 2.50. The molecular formula is C14H23N3OS. The number of hydrogen-bond donors (Lipinski definition) is 1. The molecule has 1 fully saturated rings. The normalized spacial score (nSPS) is 19.3. The van der Waals surface area contributed by atoms with Crippen molar-refractivity contribution in [3.8, 4) is 5.88 Å². The van der Waals surface area contributed by atoms with Crippen molar-refractivity contribution in [2.24, 2.45) is 5.73 Å². The molecule has 0 unspecified atom stereocenters. The van der Waals surface area contributed by atoms with Crippen molar-refractivity contribution in [3.05, 3.63) is 23.9 Å². The van der Waals surface area contributed by atoms with E-state index in [1.54, 1.807) is 7.11 Å². The maximum Gasteiger partial charge on any atom is 0.213 e. The summed E-state index contributed by atoms with van der Waals surface area (Å²) in [5.74, 6) is 0.690. The number of aromatic nitrogens is 1. The highest BCUT2D eigenvalue weighted by molar-refractivity contribution is 8.00. The van der Waals surface area contributed by atoms with Crippen LogP contribution in [-0.2, 0) is 6.54 Å². The molecule has 19 heavy (non-hydrogen) atoms. The number of nitrogens with two attached hydrogens (primary N) is 1. The topological polar surface area (TPSA) is 51.4 Å². The number of thioether (sulfide) groups is 1. The van der Waals surface area contributed by atoms with Gasteiger partial charge >= 0.3 is 0 Å². The van der Waals surface area contributed by atoms with E-state index in [-0.39, 0.29) is 4.75 Å². The lowest BCUT2D eigenvalue weighted by atomic mass is 9.95. The third kappa shape index (κ3) is 3.61. The number of hydrogen-bond acceptors (Lipinski definition) is 5. The van der Waals surface area contributed by atoms with Gasteiger partial charge in [-0.05, 0) is 38.3 Å². The highest BCUT2D eigenvalue weighted by Gasteiger charge is 2.32. The van der Waals surface area contributed by atoms with E-state index in [0.29, 0.717) is 5.88 Å². The van der Waals surface area contributed by atoms with Crippen molar-refractivity contribution >= 4 is 11.8 Å². The van der Waals surface area contributed by atoms with Crippen LogP contribution in [0.5, 0.6) is 5.88 Å². The summed E-state index contributed by atoms with van der Waals surface area (Å²) in [7, 11) is 1.65. The van der Waals surface area contributed by atoms with E-state index in [2.05, 4.69) is 22.2 Å². The zero-order chi connectivity index (χ0) is 13.7. The van der Waals surface area contributed by atoms with E-state index in [1.807, 2.05) is 23.9 Å². The second-order valence-electron chi connectivity index (χ2n) is 5.04. The first kappa shape index (κ1) is 14.6. The molecule has 4 nitrogen and oxygen atoms in total. The fourth-order valence-corrected chi connectivity index (χ4v) is 3.26. The second-order valence-corrected chi connectivity index (χ2v) is 6.31. The Morgan fingerprint density at radius 3 is 2.74 bits per heavy atom. The molecule has 5 heteroatoms. The van der Waals surface area contributed by atoms with Crippen LogP contribution in [0.15, 0.2) is 18.2 Å². The summed E-state index contributed by atoms with van der Waals surface area (Å²) in [5, 5.41) is 0. The molecule has 1 aromatic rings. The van der Waals surface area contributed by atoms with Crippen LogP contribution in [-0.4, -0.2) is 47.6 Å². The van der Waals surface area contributed by atoms with Crippen LogP contribution in [0.4, 0.5) is 0 Å². The van der Waals surface area contributed by atoms with E-state index in [4.69, 9.17) is 10.5 Å². The SMILES string of the molecule is COc1cccc(CN2CCC(CN)(SC)CC2)n1. The number of rotatable bonds is 5. The van der Waals surface area contributed by atoms with Crippen LogP contribution in [0.2, 0.25) is 0 Å². The summed E-state index contributed by atoms with van der Waals surface area (Å²) in [4.78, 5) is 6.92. The second kappa shape index (κ2) is 6.59. The highest BCUT2D eigenvalue weighted by Crippen LogP contribution is 2.33. The van der Waals surface area contributed by atoms with Gasteiger partial charge in [0.1, 0.15) is 0 Å². The fraction of sp³-hybridized carbons (Fsp3) is 0.643. The van der Waals surface area contributed by atoms with Crippen molar-refractivity contribution in [3.63, 3.8) is 0 Å². The summed E-state index contributed by atoms with van der Waals surface area (Å²) < 4.78 is 5.45. The lowest BCUT2D eigenvalue weighted by molar-refractivity contribution is 0.192. The standard InChI is InChI=1S/C14H23N3OS/c1-18-13-5-3-4-12(16-13)10-17-8-6-14(11-15,19-2)7-9-17/h3-5H,6-11,15H2,1-2H3. The Balaban J connectivity index is 1.91. The Hall–Kier alpha value is -0.780. The molecular weight excluding hydrogens is 258 g/mol. The summed E-state index contributed by atoms with van der Waals surface area (Å²) in [5.41, 5.74) is 6.99. The molecule has 2 rings (SSSR count). The average molecular weight is 281 g/mol. The van der Waals surface area contributed by atoms with Gasteiger partial charge in [0, 0.05) is 23.9 Å². The monoisotopic (exact) mass is 281 g/mol. The largest absolute Gasteiger partial charge is 0.481 e. The summed E-state index contributed by atoms with van der Waals surface area (Å²) in [6.45, 7) is 3.86. The average Bonchev–Trinajstić information content (AvgIpc) is 2.48. The summed E-state index contributed by atoms with van der Waals surface area (Å²) in [6, 6.07) is 5.94. The third-order valence-corrected chi connectivity index (χ3v) is 5.39. The molecule has 0 spiro atoms. The van der Waals surface area contributed by atoms with Gasteiger partial charge in [-0.3, -0.25) is 4.90 Å². The van der Waals surface area contributed by atoms with Crippen molar-refractivity contribution in [2.45, 2.75) is 24.1 Å². The minimum absolute atomic E-state index is 0.290. The predicted octanol–water partition coefficient (Wildman–Crippen LogP) is 1.75. The number of nitrogens with zero attached hydrogens (tertiary/aromatic N) is 2. The Labute approximate surface area is 119 Å². The van der Waals surface area contributed by atoms with Gasteiger partial charge in [0.05, 0.1) is 12.8 Å². The first-order valence-corrected chi connectivity index (χ1v) is 7.91. The number of ether oxygens (including phenoxy) is 1. The molecule has 106 valence electrons. The van der Waals surface area contributed by atoms with Crippen LogP contribution in [0.25, 0.3) is 0 Å². The first-order valence-electron chi connectivity index (χ1n) is 6.69. The van der Waals surface area contributed by atoms with Crippen LogP contribution in [0.3, 0.4) is 0 Å². The molecule has 1 aliphatic heterocycles. The van der Waals surface area contributed by atoms with Gasteiger partial charge in [-0.2, -0.15) is 11.8 Å². The molecule has 2 heterocycles. The highest BCUT2D eigenvalue weighted by atomic mass is 32.2. The van der Waals surface area contributed by atoms with E-state index >= 15 is 0 Å². The Kier molecular flexibility index (Phi) is 5.07. The van der Waals surface area contributed by atoms with E-state index in [9.17, 15) is 0 Å². The number of methoxy groups -OCH3 is 1. The van der Waals surface area contributed by atoms with Crippen LogP contribution >= 0.6 is 11.8 Å². The van der Waals surface area contributed by atoms with Gasteiger partial charge in [-0.1, -0.05) is 6.07 Å². The maximum absolute atomic E-state index is 5.92. The van der Waals surface area contributed by atoms with Crippen LogP contribution < -0.4 is 10.5 Å². The molecule has 0 aliphatic carbocycles. The minimum Gasteiger partial charge on any atom is -0.481 e. The molecule has 1 saturated heterocycles. The predicted molar refractivity (Wildman–Crippen MR) is 80.6 cm³/mol. The number of pyridine rings is 1. The molecule has 0 saturated carbocycles. The number of likely N-dealkylation sites (tertiary alicyclic amines) is 1. The molecule has 0 aromatic carbocycles. The Morgan fingerprint density at radius 2 is 2.16 bits per heavy atom. The molecule has 0 bridgehead atoms. The van der Waals surface area contributed by atoms with Gasteiger partial charge in [0.2, 0.25) is 5.88 Å². The van der Waals surface area contributed by atoms with E-state index < -0.39 is 0 Å². The van der Waals surface area contributed by atoms with E-state index in [0.717, 1.165) is 44.7 Å². The minimum atomic E-state index is 0.290. The lowest BCUT2D eigenvalue weighted by Gasteiger charge is -2.39. The lowest BCUT2D eigenvalue weighted by Crippen LogP contribution is -2.46. The molecule has 0 amide bonds. The Morgan fingerprint density at radius 1 is 1.42 bits per heavy atom. The van der Waals surface area contributed by atoms with Crippen molar-refractivity contribution in [2.75, 3.05) is 33.0 Å². The molecule has 1 aliphatic rings. The summed E-state index contributed by atoms with van der Waals surface area (Å²) >= 11 is 1.92. The van der Waals surface area contributed by atoms with Crippen LogP contribution in [0, 0.1) is 0 Å². The van der Waals surface area contributed by atoms with Gasteiger partial charge in [-0.25, -0.2) is 4.98 Å². The van der Waals surface area contributed by atoms with Crippen molar-refractivity contribution < 1.29 is 4.74 Å². The van der Waals surface area contributed by atoms with Gasteiger partial charge in [-0.15, -0.1) is 0 Å². The molecule has 0 atom stereocenters. The van der Waals surface area contributed by atoms with Crippen LogP contribution in [0.1, 0.15) is 18.5 Å². The van der Waals surface area contributed by atoms with Gasteiger partial charge < -0.3 is 10.5 Å². The van der Waals surface area contributed by atoms with Gasteiger partial charge in [0.15, 0.2) is 0 Å². The third-order valence-electron chi connectivity index (χ3n) is 3.95.